The number of nitrogens with zero attached hydrogens (tertiary/aromatic N) is 3. The normalized spacial score (nSPS) is 14.0. The van der Waals surface area contributed by atoms with Gasteiger partial charge in [-0.1, -0.05) is 6.07 Å². The first-order valence-electron chi connectivity index (χ1n) is 11.0. The number of likely N-dealkylation sites (tertiary alicyclic amines) is 1. The standard InChI is InChI=1S/C25H27N5O2/c1-18-15-19-16-22(7-8-23(19)27-18)32-24-9-10-26-25(29-24)28-20-5-4-6-21(17-20)31-14-13-30-11-2-3-12-30/h4-10,15-17,27H,2-3,11-14H2,1H3,(H,26,28,29). The minimum Gasteiger partial charge on any atom is -0.492 e. The number of aryl methyl sites for hydroxylation is 1. The van der Waals surface area contributed by atoms with Gasteiger partial charge in [0.2, 0.25) is 11.8 Å². The Balaban J connectivity index is 1.22. The molecule has 0 atom stereocenters. The third kappa shape index (κ3) is 5.00. The van der Waals surface area contributed by atoms with Crippen LogP contribution < -0.4 is 14.8 Å². The molecule has 0 radical (unpaired) electrons. The third-order valence-electron chi connectivity index (χ3n) is 5.54. The van der Waals surface area contributed by atoms with Crippen LogP contribution in [0.3, 0.4) is 0 Å². The van der Waals surface area contributed by atoms with E-state index in [0.29, 0.717) is 18.4 Å². The second-order valence-corrected chi connectivity index (χ2v) is 8.07. The SMILES string of the molecule is Cc1cc2cc(Oc3ccnc(Nc4cccc(OCCN5CCCC5)c4)n3)ccc2[nH]1. The molecule has 5 rings (SSSR count). The lowest BCUT2D eigenvalue weighted by Gasteiger charge is -2.15. The molecule has 32 heavy (non-hydrogen) atoms. The molecule has 3 heterocycles. The van der Waals surface area contributed by atoms with E-state index in [-0.39, 0.29) is 0 Å². The van der Waals surface area contributed by atoms with Crippen molar-refractivity contribution in [1.82, 2.24) is 19.9 Å². The Labute approximate surface area is 187 Å². The Hall–Kier alpha value is -3.58. The summed E-state index contributed by atoms with van der Waals surface area (Å²) in [7, 11) is 0. The fourth-order valence-electron chi connectivity index (χ4n) is 3.99. The van der Waals surface area contributed by atoms with E-state index in [1.807, 2.05) is 49.4 Å². The van der Waals surface area contributed by atoms with E-state index >= 15 is 0 Å². The predicted octanol–water partition coefficient (Wildman–Crippen LogP) is 5.28. The van der Waals surface area contributed by atoms with Gasteiger partial charge < -0.3 is 19.8 Å². The number of aromatic nitrogens is 3. The zero-order valence-corrected chi connectivity index (χ0v) is 18.2. The van der Waals surface area contributed by atoms with E-state index in [1.54, 1.807) is 12.3 Å². The van der Waals surface area contributed by atoms with E-state index in [0.717, 1.165) is 40.3 Å². The molecule has 4 aromatic rings. The number of nitrogens with one attached hydrogen (secondary N) is 2. The average molecular weight is 430 g/mol. The molecular weight excluding hydrogens is 402 g/mol. The lowest BCUT2D eigenvalue weighted by Crippen LogP contribution is -2.25. The van der Waals surface area contributed by atoms with E-state index in [2.05, 4.69) is 31.2 Å². The first-order chi connectivity index (χ1) is 15.7. The van der Waals surface area contributed by atoms with Gasteiger partial charge in [-0.2, -0.15) is 4.98 Å². The van der Waals surface area contributed by atoms with Gasteiger partial charge in [0.1, 0.15) is 18.1 Å². The van der Waals surface area contributed by atoms with Crippen molar-refractivity contribution in [1.29, 1.82) is 0 Å². The van der Waals surface area contributed by atoms with Crippen LogP contribution in [0, 0.1) is 6.92 Å². The minimum absolute atomic E-state index is 0.468. The molecule has 1 saturated heterocycles. The second kappa shape index (κ2) is 9.28. The molecule has 1 aliphatic rings. The van der Waals surface area contributed by atoms with Gasteiger partial charge in [0.05, 0.1) is 0 Å². The Morgan fingerprint density at radius 3 is 2.84 bits per heavy atom. The van der Waals surface area contributed by atoms with Gasteiger partial charge in [-0.15, -0.1) is 0 Å². The molecule has 2 aromatic carbocycles. The Bertz CT molecular complexity index is 1200. The summed E-state index contributed by atoms with van der Waals surface area (Å²) < 4.78 is 11.9. The number of hydrogen-bond donors (Lipinski definition) is 2. The van der Waals surface area contributed by atoms with E-state index < -0.39 is 0 Å². The van der Waals surface area contributed by atoms with Crippen LogP contribution in [0.4, 0.5) is 11.6 Å². The van der Waals surface area contributed by atoms with Crippen molar-refractivity contribution in [3.05, 3.63) is 66.5 Å². The summed E-state index contributed by atoms with van der Waals surface area (Å²) in [4.78, 5) is 14.6. The third-order valence-corrected chi connectivity index (χ3v) is 5.54. The molecular formula is C25H27N5O2. The molecule has 1 fully saturated rings. The van der Waals surface area contributed by atoms with Gasteiger partial charge >= 0.3 is 0 Å². The summed E-state index contributed by atoms with van der Waals surface area (Å²) in [6.07, 6.45) is 4.27. The fraction of sp³-hybridized carbons (Fsp3) is 0.280. The molecule has 0 amide bonds. The lowest BCUT2D eigenvalue weighted by atomic mass is 10.2. The van der Waals surface area contributed by atoms with Crippen LogP contribution >= 0.6 is 0 Å². The quantitative estimate of drug-likeness (QED) is 0.397. The van der Waals surface area contributed by atoms with Gasteiger partial charge in [-0.3, -0.25) is 4.90 Å². The van der Waals surface area contributed by atoms with Crippen molar-refractivity contribution in [3.8, 4) is 17.4 Å². The molecule has 0 saturated carbocycles. The van der Waals surface area contributed by atoms with E-state index in [4.69, 9.17) is 9.47 Å². The number of H-pyrrole nitrogens is 1. The number of aromatic amines is 1. The largest absolute Gasteiger partial charge is 0.492 e. The van der Waals surface area contributed by atoms with Gasteiger partial charge in [0.25, 0.3) is 0 Å². The Morgan fingerprint density at radius 1 is 1.03 bits per heavy atom. The van der Waals surface area contributed by atoms with Gasteiger partial charge in [0, 0.05) is 47.2 Å². The van der Waals surface area contributed by atoms with Crippen LogP contribution in [0.15, 0.2) is 60.8 Å². The lowest BCUT2D eigenvalue weighted by molar-refractivity contribution is 0.238. The second-order valence-electron chi connectivity index (χ2n) is 8.07. The molecule has 0 bridgehead atoms. The number of benzene rings is 2. The Morgan fingerprint density at radius 2 is 1.94 bits per heavy atom. The summed E-state index contributed by atoms with van der Waals surface area (Å²) in [6, 6.07) is 17.6. The number of anilines is 2. The van der Waals surface area contributed by atoms with Crippen LogP contribution in [0.1, 0.15) is 18.5 Å². The molecule has 0 unspecified atom stereocenters. The van der Waals surface area contributed by atoms with Crippen LogP contribution in [-0.4, -0.2) is 46.1 Å². The maximum atomic E-state index is 5.97. The first kappa shape index (κ1) is 20.3. The molecule has 7 nitrogen and oxygen atoms in total. The van der Waals surface area contributed by atoms with Crippen LogP contribution in [0.25, 0.3) is 10.9 Å². The summed E-state index contributed by atoms with van der Waals surface area (Å²) in [5.41, 5.74) is 3.07. The zero-order valence-electron chi connectivity index (χ0n) is 18.2. The van der Waals surface area contributed by atoms with E-state index in [9.17, 15) is 0 Å². The fourth-order valence-corrected chi connectivity index (χ4v) is 3.99. The number of fused-ring (bicyclic) bond motifs is 1. The average Bonchev–Trinajstić information content (AvgIpc) is 3.43. The maximum absolute atomic E-state index is 5.97. The summed E-state index contributed by atoms with van der Waals surface area (Å²) in [5.74, 6) is 2.51. The van der Waals surface area contributed by atoms with E-state index in [1.165, 1.54) is 25.9 Å². The number of rotatable bonds is 8. The summed E-state index contributed by atoms with van der Waals surface area (Å²) >= 11 is 0. The van der Waals surface area contributed by atoms with Crippen LogP contribution in [0.5, 0.6) is 17.4 Å². The molecule has 1 aliphatic heterocycles. The number of ether oxygens (including phenoxy) is 2. The first-order valence-corrected chi connectivity index (χ1v) is 11.0. The van der Waals surface area contributed by atoms with Crippen molar-refractivity contribution in [3.63, 3.8) is 0 Å². The smallest absolute Gasteiger partial charge is 0.230 e. The van der Waals surface area contributed by atoms with Crippen LogP contribution in [-0.2, 0) is 0 Å². The molecule has 164 valence electrons. The van der Waals surface area contributed by atoms with Gasteiger partial charge in [0.15, 0.2) is 0 Å². The highest BCUT2D eigenvalue weighted by Crippen LogP contribution is 2.26. The van der Waals surface area contributed by atoms with Crippen molar-refractivity contribution in [2.75, 3.05) is 31.6 Å². The predicted molar refractivity (Wildman–Crippen MR) is 126 cm³/mol. The monoisotopic (exact) mass is 429 g/mol. The van der Waals surface area contributed by atoms with Crippen molar-refractivity contribution in [2.45, 2.75) is 19.8 Å². The molecule has 0 spiro atoms. The zero-order chi connectivity index (χ0) is 21.8. The van der Waals surface area contributed by atoms with Crippen molar-refractivity contribution < 1.29 is 9.47 Å². The van der Waals surface area contributed by atoms with Crippen LogP contribution in [0.2, 0.25) is 0 Å². The highest BCUT2D eigenvalue weighted by Gasteiger charge is 2.11. The molecule has 2 aromatic heterocycles. The number of hydrogen-bond acceptors (Lipinski definition) is 6. The molecule has 7 heteroatoms. The van der Waals surface area contributed by atoms with Crippen molar-refractivity contribution in [2.24, 2.45) is 0 Å². The highest BCUT2D eigenvalue weighted by molar-refractivity contribution is 5.81. The summed E-state index contributed by atoms with van der Waals surface area (Å²) in [5, 5.41) is 4.34. The topological polar surface area (TPSA) is 75.3 Å². The maximum Gasteiger partial charge on any atom is 0.230 e. The Kier molecular flexibility index (Phi) is 5.89. The van der Waals surface area contributed by atoms with Gasteiger partial charge in [-0.25, -0.2) is 4.98 Å². The molecule has 2 N–H and O–H groups in total. The molecule has 0 aliphatic carbocycles. The minimum atomic E-state index is 0.468. The van der Waals surface area contributed by atoms with Gasteiger partial charge in [-0.05, 0) is 69.3 Å². The highest BCUT2D eigenvalue weighted by atomic mass is 16.5. The van der Waals surface area contributed by atoms with Crippen molar-refractivity contribution >= 4 is 22.5 Å². The summed E-state index contributed by atoms with van der Waals surface area (Å²) in [6.45, 7) is 6.05.